The summed E-state index contributed by atoms with van der Waals surface area (Å²) in [5.41, 5.74) is 0. The molecule has 0 aromatic rings. The predicted octanol–water partition coefficient (Wildman–Crippen LogP) is -3.37. The standard InChI is InChI=1S/C17H34O11Si/c1-5-16(24)17(25,29(2,3)4)14(23)13(9(7-19)28-16)27-15-12(22)11(21)10(20)8(6-18)26-15/h8-15,18-25H,5-7H2,1-4H3/t8-,9-,10+,11+,12-,13-,14+,15+,16?,17+/m1/s1. The number of hydrogen-bond acceptors (Lipinski definition) is 11. The van der Waals surface area contributed by atoms with E-state index in [-0.39, 0.29) is 6.42 Å². The number of aliphatic hydroxyl groups excluding tert-OH is 6. The molecule has 2 rings (SSSR count). The maximum Gasteiger partial charge on any atom is 0.194 e. The summed E-state index contributed by atoms with van der Waals surface area (Å²) in [6, 6.07) is 0. The zero-order valence-electron chi connectivity index (χ0n) is 17.0. The van der Waals surface area contributed by atoms with Crippen molar-refractivity contribution < 1.29 is 55.1 Å². The van der Waals surface area contributed by atoms with Crippen LogP contribution in [0.3, 0.4) is 0 Å². The largest absolute Gasteiger partial charge is 0.394 e. The topological polar surface area (TPSA) is 190 Å². The first-order chi connectivity index (χ1) is 13.3. The molecule has 2 aliphatic rings. The summed E-state index contributed by atoms with van der Waals surface area (Å²) >= 11 is 0. The van der Waals surface area contributed by atoms with Gasteiger partial charge in [-0.2, -0.15) is 0 Å². The fourth-order valence-corrected chi connectivity index (χ4v) is 6.56. The van der Waals surface area contributed by atoms with E-state index in [2.05, 4.69) is 0 Å². The maximum atomic E-state index is 11.4. The molecule has 0 aliphatic carbocycles. The molecule has 0 radical (unpaired) electrons. The summed E-state index contributed by atoms with van der Waals surface area (Å²) in [6.07, 6.45) is -12.5. The lowest BCUT2D eigenvalue weighted by molar-refractivity contribution is -0.396. The summed E-state index contributed by atoms with van der Waals surface area (Å²) in [5, 5.41) is 80.4. The zero-order chi connectivity index (χ0) is 22.4. The van der Waals surface area contributed by atoms with Crippen LogP contribution in [0.1, 0.15) is 13.3 Å². The van der Waals surface area contributed by atoms with Crippen LogP contribution in [0, 0.1) is 0 Å². The van der Waals surface area contributed by atoms with Gasteiger partial charge in [0.15, 0.2) is 12.1 Å². The van der Waals surface area contributed by atoms with Crippen LogP contribution in [0.2, 0.25) is 19.6 Å². The van der Waals surface area contributed by atoms with Crippen molar-refractivity contribution in [2.75, 3.05) is 13.2 Å². The van der Waals surface area contributed by atoms with Gasteiger partial charge in [-0.1, -0.05) is 26.6 Å². The first-order valence-corrected chi connectivity index (χ1v) is 13.2. The second-order valence-electron chi connectivity index (χ2n) is 8.74. The average molecular weight is 443 g/mol. The molecule has 29 heavy (non-hydrogen) atoms. The molecule has 2 aliphatic heterocycles. The van der Waals surface area contributed by atoms with E-state index in [1.54, 1.807) is 26.6 Å². The molecule has 2 fully saturated rings. The van der Waals surface area contributed by atoms with Crippen molar-refractivity contribution in [1.82, 2.24) is 0 Å². The lowest BCUT2D eigenvalue weighted by Crippen LogP contribution is -2.81. The van der Waals surface area contributed by atoms with Gasteiger partial charge in [-0.15, -0.1) is 0 Å². The van der Waals surface area contributed by atoms with Crippen LogP contribution in [0.4, 0.5) is 0 Å². The van der Waals surface area contributed by atoms with Crippen molar-refractivity contribution in [1.29, 1.82) is 0 Å². The Hall–Kier alpha value is -0.223. The smallest absolute Gasteiger partial charge is 0.194 e. The highest BCUT2D eigenvalue weighted by molar-refractivity contribution is 6.79. The predicted molar refractivity (Wildman–Crippen MR) is 100 cm³/mol. The molecule has 10 atom stereocenters. The molecular weight excluding hydrogens is 408 g/mol. The highest BCUT2D eigenvalue weighted by Crippen LogP contribution is 2.45. The summed E-state index contributed by atoms with van der Waals surface area (Å²) in [5.74, 6) is -2.15. The van der Waals surface area contributed by atoms with E-state index in [1.165, 1.54) is 0 Å². The second-order valence-corrected chi connectivity index (χ2v) is 14.0. The minimum absolute atomic E-state index is 0.0753. The Kier molecular flexibility index (Phi) is 7.53. The van der Waals surface area contributed by atoms with Crippen LogP contribution in [0.25, 0.3) is 0 Å². The van der Waals surface area contributed by atoms with E-state index < -0.39 is 81.3 Å². The molecule has 11 nitrogen and oxygen atoms in total. The van der Waals surface area contributed by atoms with E-state index in [9.17, 15) is 40.9 Å². The molecule has 2 heterocycles. The highest BCUT2D eigenvalue weighted by atomic mass is 28.3. The summed E-state index contributed by atoms with van der Waals surface area (Å²) in [7, 11) is -2.78. The van der Waals surface area contributed by atoms with Crippen molar-refractivity contribution in [2.24, 2.45) is 0 Å². The molecule has 0 spiro atoms. The van der Waals surface area contributed by atoms with Gasteiger partial charge in [0.25, 0.3) is 0 Å². The Labute approximate surface area is 170 Å². The normalized spacial score (nSPS) is 49.2. The molecule has 0 aromatic heterocycles. The molecule has 2 saturated heterocycles. The Balaban J connectivity index is 2.38. The third-order valence-corrected chi connectivity index (χ3v) is 8.96. The minimum atomic E-state index is -2.78. The molecule has 0 bridgehead atoms. The monoisotopic (exact) mass is 442 g/mol. The van der Waals surface area contributed by atoms with Crippen molar-refractivity contribution in [3.63, 3.8) is 0 Å². The van der Waals surface area contributed by atoms with E-state index in [1.807, 2.05) is 0 Å². The molecule has 0 aromatic carbocycles. The SMILES string of the molecule is CCC1(O)O[C@H](CO)[C@@H](O[C@@H]2O[C@H](CO)[C@H](O)[C@H](O)[C@H]2O)[C@H](O)[C@]1(O)[Si](C)(C)C. The van der Waals surface area contributed by atoms with E-state index in [4.69, 9.17) is 14.2 Å². The Morgan fingerprint density at radius 1 is 0.897 bits per heavy atom. The Bertz CT molecular complexity index is 558. The van der Waals surface area contributed by atoms with E-state index in [0.717, 1.165) is 0 Å². The molecule has 12 heteroatoms. The van der Waals surface area contributed by atoms with Crippen molar-refractivity contribution in [2.45, 2.75) is 93.0 Å². The number of ether oxygens (including phenoxy) is 3. The van der Waals surface area contributed by atoms with Gasteiger partial charge in [0.1, 0.15) is 48.0 Å². The van der Waals surface area contributed by atoms with Gasteiger partial charge in [0.2, 0.25) is 0 Å². The summed E-state index contributed by atoms with van der Waals surface area (Å²) < 4.78 is 16.5. The third kappa shape index (κ3) is 4.02. The molecule has 8 N–H and O–H groups in total. The van der Waals surface area contributed by atoms with Gasteiger partial charge < -0.3 is 55.1 Å². The average Bonchev–Trinajstić information content (AvgIpc) is 2.67. The van der Waals surface area contributed by atoms with E-state index >= 15 is 0 Å². The highest BCUT2D eigenvalue weighted by Gasteiger charge is 2.68. The lowest BCUT2D eigenvalue weighted by atomic mass is 9.89. The fourth-order valence-electron chi connectivity index (χ4n) is 4.10. The van der Waals surface area contributed by atoms with Gasteiger partial charge >= 0.3 is 0 Å². The van der Waals surface area contributed by atoms with Crippen LogP contribution < -0.4 is 0 Å². The number of aliphatic hydroxyl groups is 8. The molecule has 172 valence electrons. The maximum absolute atomic E-state index is 11.4. The summed E-state index contributed by atoms with van der Waals surface area (Å²) in [6.45, 7) is 5.33. The minimum Gasteiger partial charge on any atom is -0.394 e. The van der Waals surface area contributed by atoms with Crippen LogP contribution >= 0.6 is 0 Å². The van der Waals surface area contributed by atoms with Gasteiger partial charge in [0.05, 0.1) is 21.3 Å². The van der Waals surface area contributed by atoms with Crippen LogP contribution in [0.15, 0.2) is 0 Å². The number of rotatable bonds is 6. The third-order valence-electron chi connectivity index (χ3n) is 5.99. The Morgan fingerprint density at radius 3 is 1.90 bits per heavy atom. The summed E-state index contributed by atoms with van der Waals surface area (Å²) in [4.78, 5) is 0. The molecule has 0 amide bonds. The van der Waals surface area contributed by atoms with Gasteiger partial charge in [-0.3, -0.25) is 0 Å². The van der Waals surface area contributed by atoms with Crippen molar-refractivity contribution in [3.05, 3.63) is 0 Å². The number of hydrogen-bond donors (Lipinski definition) is 8. The van der Waals surface area contributed by atoms with Gasteiger partial charge in [0, 0.05) is 6.42 Å². The molecular formula is C17H34O11Si. The zero-order valence-corrected chi connectivity index (χ0v) is 18.0. The van der Waals surface area contributed by atoms with Crippen molar-refractivity contribution in [3.8, 4) is 0 Å². The van der Waals surface area contributed by atoms with Gasteiger partial charge in [-0.05, 0) is 0 Å². The molecule has 0 saturated carbocycles. The van der Waals surface area contributed by atoms with Gasteiger partial charge in [-0.25, -0.2) is 0 Å². The van der Waals surface area contributed by atoms with Crippen LogP contribution in [0.5, 0.6) is 0 Å². The quantitative estimate of drug-likeness (QED) is 0.192. The fraction of sp³-hybridized carbons (Fsp3) is 1.00. The first-order valence-electron chi connectivity index (χ1n) is 9.66. The lowest BCUT2D eigenvalue weighted by Gasteiger charge is -2.59. The van der Waals surface area contributed by atoms with Crippen LogP contribution in [-0.2, 0) is 14.2 Å². The Morgan fingerprint density at radius 2 is 1.45 bits per heavy atom. The van der Waals surface area contributed by atoms with Crippen LogP contribution in [-0.4, -0.2) is 122 Å². The molecule has 1 unspecified atom stereocenters. The second kappa shape index (κ2) is 8.73. The first kappa shape index (κ1) is 25.0. The van der Waals surface area contributed by atoms with Crippen molar-refractivity contribution >= 4 is 8.07 Å². The van der Waals surface area contributed by atoms with E-state index in [0.29, 0.717) is 0 Å².